The maximum atomic E-state index is 13.0. The molecule has 1 heterocycles. The van der Waals surface area contributed by atoms with Gasteiger partial charge in [-0.3, -0.25) is 4.79 Å². The van der Waals surface area contributed by atoms with E-state index in [1.807, 2.05) is 0 Å². The number of carbonyl (C=O) groups is 1. The fourth-order valence-electron chi connectivity index (χ4n) is 1.73. The monoisotopic (exact) mass is 312 g/mol. The summed E-state index contributed by atoms with van der Waals surface area (Å²) in [5, 5.41) is 1.02. The Morgan fingerprint density at radius 1 is 1.30 bits per heavy atom. The van der Waals surface area contributed by atoms with Crippen molar-refractivity contribution < 1.29 is 9.18 Å². The third-order valence-electron chi connectivity index (χ3n) is 2.74. The van der Waals surface area contributed by atoms with Crippen molar-refractivity contribution in [2.45, 2.75) is 6.54 Å². The zero-order chi connectivity index (χ0) is 14.7. The van der Waals surface area contributed by atoms with Crippen molar-refractivity contribution in [3.8, 4) is 0 Å². The number of amides is 1. The van der Waals surface area contributed by atoms with Gasteiger partial charge in [0.25, 0.3) is 5.91 Å². The molecule has 3 nitrogen and oxygen atoms in total. The summed E-state index contributed by atoms with van der Waals surface area (Å²) in [5.41, 5.74) is 1.01. The van der Waals surface area contributed by atoms with E-state index in [0.717, 1.165) is 11.6 Å². The van der Waals surface area contributed by atoms with Gasteiger partial charge in [0, 0.05) is 41.5 Å². The summed E-state index contributed by atoms with van der Waals surface area (Å²) in [6.07, 6.45) is 1.26. The Kier molecular flexibility index (Phi) is 4.57. The first-order valence-electron chi connectivity index (χ1n) is 5.78. The Labute approximate surface area is 125 Å². The summed E-state index contributed by atoms with van der Waals surface area (Å²) in [6, 6.07) is 7.63. The van der Waals surface area contributed by atoms with Crippen LogP contribution >= 0.6 is 23.2 Å². The van der Waals surface area contributed by atoms with E-state index in [1.165, 1.54) is 17.2 Å². The van der Waals surface area contributed by atoms with Crippen LogP contribution in [0, 0.1) is 5.95 Å². The molecule has 1 aromatic heterocycles. The Bertz CT molecular complexity index is 649. The first kappa shape index (κ1) is 14.8. The normalized spacial score (nSPS) is 10.4. The summed E-state index contributed by atoms with van der Waals surface area (Å²) in [5.74, 6) is -0.994. The van der Waals surface area contributed by atoms with Crippen molar-refractivity contribution in [2.75, 3.05) is 7.05 Å². The van der Waals surface area contributed by atoms with Crippen LogP contribution in [0.4, 0.5) is 4.39 Å². The first-order chi connectivity index (χ1) is 9.47. The zero-order valence-corrected chi connectivity index (χ0v) is 12.1. The fourth-order valence-corrected chi connectivity index (χ4v) is 2.20. The average Bonchev–Trinajstić information content (AvgIpc) is 2.41. The molecule has 2 aromatic rings. The van der Waals surface area contributed by atoms with Crippen LogP contribution in [0.3, 0.4) is 0 Å². The van der Waals surface area contributed by atoms with E-state index in [-0.39, 0.29) is 11.5 Å². The Hall–Kier alpha value is -1.65. The van der Waals surface area contributed by atoms with E-state index in [2.05, 4.69) is 4.98 Å². The molecule has 104 valence electrons. The number of aromatic nitrogens is 1. The molecule has 20 heavy (non-hydrogen) atoms. The molecule has 0 atom stereocenters. The minimum absolute atomic E-state index is 0.241. The molecule has 0 radical (unpaired) electrons. The third kappa shape index (κ3) is 3.46. The Morgan fingerprint density at radius 3 is 2.70 bits per heavy atom. The first-order valence-corrected chi connectivity index (χ1v) is 6.54. The van der Waals surface area contributed by atoms with Gasteiger partial charge in [-0.25, -0.2) is 4.98 Å². The van der Waals surface area contributed by atoms with E-state index in [9.17, 15) is 9.18 Å². The van der Waals surface area contributed by atoms with Gasteiger partial charge < -0.3 is 4.90 Å². The summed E-state index contributed by atoms with van der Waals surface area (Å²) in [4.78, 5) is 17.0. The van der Waals surface area contributed by atoms with Gasteiger partial charge in [-0.05, 0) is 23.8 Å². The summed E-state index contributed by atoms with van der Waals surface area (Å²) >= 11 is 11.9. The van der Waals surface area contributed by atoms with Crippen LogP contribution in [0.5, 0.6) is 0 Å². The van der Waals surface area contributed by atoms with Crippen molar-refractivity contribution in [2.24, 2.45) is 0 Å². The second-order valence-electron chi connectivity index (χ2n) is 4.26. The molecule has 0 aliphatic rings. The van der Waals surface area contributed by atoms with E-state index in [0.29, 0.717) is 16.6 Å². The second-order valence-corrected chi connectivity index (χ2v) is 5.11. The van der Waals surface area contributed by atoms with Crippen molar-refractivity contribution in [1.29, 1.82) is 0 Å². The van der Waals surface area contributed by atoms with Crippen LogP contribution in [0.25, 0.3) is 0 Å². The molecule has 0 spiro atoms. The number of nitrogens with zero attached hydrogens (tertiary/aromatic N) is 2. The molecular weight excluding hydrogens is 302 g/mol. The second kappa shape index (κ2) is 6.20. The van der Waals surface area contributed by atoms with Gasteiger partial charge in [-0.2, -0.15) is 4.39 Å². The fraction of sp³-hybridized carbons (Fsp3) is 0.143. The molecule has 1 amide bonds. The molecule has 1 aromatic carbocycles. The van der Waals surface area contributed by atoms with E-state index in [4.69, 9.17) is 23.2 Å². The molecule has 0 aliphatic carbocycles. The summed E-state index contributed by atoms with van der Waals surface area (Å²) < 4.78 is 13.0. The van der Waals surface area contributed by atoms with Crippen LogP contribution in [-0.2, 0) is 6.54 Å². The number of carbonyl (C=O) groups excluding carboxylic acids is 1. The smallest absolute Gasteiger partial charge is 0.254 e. The molecule has 0 saturated heterocycles. The molecule has 0 bridgehead atoms. The predicted molar refractivity (Wildman–Crippen MR) is 76.5 cm³/mol. The van der Waals surface area contributed by atoms with Crippen molar-refractivity contribution in [3.63, 3.8) is 0 Å². The number of pyridine rings is 1. The lowest BCUT2D eigenvalue weighted by Crippen LogP contribution is -2.26. The van der Waals surface area contributed by atoms with Crippen LogP contribution in [0.15, 0.2) is 36.5 Å². The van der Waals surface area contributed by atoms with Crippen molar-refractivity contribution in [1.82, 2.24) is 9.88 Å². The molecular formula is C14H11Cl2FN2O. The maximum absolute atomic E-state index is 13.0. The number of benzene rings is 1. The highest BCUT2D eigenvalue weighted by molar-refractivity contribution is 6.35. The van der Waals surface area contributed by atoms with Crippen LogP contribution < -0.4 is 0 Å². The average molecular weight is 313 g/mol. The zero-order valence-electron chi connectivity index (χ0n) is 10.6. The summed E-state index contributed by atoms with van der Waals surface area (Å²) in [7, 11) is 1.62. The van der Waals surface area contributed by atoms with Gasteiger partial charge >= 0.3 is 0 Å². The third-order valence-corrected chi connectivity index (χ3v) is 3.33. The SMILES string of the molecule is CN(Cc1ccc(Cl)cc1Cl)C(=O)c1ccnc(F)c1. The van der Waals surface area contributed by atoms with Crippen molar-refractivity contribution in [3.05, 3.63) is 63.6 Å². The highest BCUT2D eigenvalue weighted by Crippen LogP contribution is 2.22. The molecule has 0 aliphatic heterocycles. The van der Waals surface area contributed by atoms with Crippen LogP contribution in [0.1, 0.15) is 15.9 Å². The number of rotatable bonds is 3. The largest absolute Gasteiger partial charge is 0.337 e. The topological polar surface area (TPSA) is 33.2 Å². The van der Waals surface area contributed by atoms with Crippen LogP contribution in [0.2, 0.25) is 10.0 Å². The Morgan fingerprint density at radius 2 is 2.05 bits per heavy atom. The minimum atomic E-state index is -0.686. The number of hydrogen-bond acceptors (Lipinski definition) is 2. The van der Waals surface area contributed by atoms with Gasteiger partial charge in [0.05, 0.1) is 0 Å². The summed E-state index contributed by atoms with van der Waals surface area (Å²) in [6.45, 7) is 0.304. The van der Waals surface area contributed by atoms with E-state index >= 15 is 0 Å². The standard InChI is InChI=1S/C14H11Cl2FN2O/c1-19(8-10-2-3-11(15)7-12(10)16)14(20)9-4-5-18-13(17)6-9/h2-7H,8H2,1H3. The lowest BCUT2D eigenvalue weighted by Gasteiger charge is -2.18. The lowest BCUT2D eigenvalue weighted by atomic mass is 10.2. The lowest BCUT2D eigenvalue weighted by molar-refractivity contribution is 0.0784. The quantitative estimate of drug-likeness (QED) is 0.808. The maximum Gasteiger partial charge on any atom is 0.254 e. The molecule has 2 rings (SSSR count). The molecule has 0 unspecified atom stereocenters. The van der Waals surface area contributed by atoms with Gasteiger partial charge in [-0.1, -0.05) is 29.3 Å². The minimum Gasteiger partial charge on any atom is -0.337 e. The predicted octanol–water partition coefficient (Wildman–Crippen LogP) is 3.80. The van der Waals surface area contributed by atoms with Crippen molar-refractivity contribution >= 4 is 29.1 Å². The van der Waals surface area contributed by atoms with E-state index in [1.54, 1.807) is 25.2 Å². The highest BCUT2D eigenvalue weighted by Gasteiger charge is 2.14. The molecule has 0 N–H and O–H groups in total. The van der Waals surface area contributed by atoms with Gasteiger partial charge in [0.1, 0.15) is 0 Å². The number of hydrogen-bond donors (Lipinski definition) is 0. The van der Waals surface area contributed by atoms with Gasteiger partial charge in [-0.15, -0.1) is 0 Å². The van der Waals surface area contributed by atoms with Gasteiger partial charge in [0.15, 0.2) is 0 Å². The van der Waals surface area contributed by atoms with Crippen LogP contribution in [-0.4, -0.2) is 22.8 Å². The molecule has 6 heteroatoms. The van der Waals surface area contributed by atoms with E-state index < -0.39 is 5.95 Å². The number of halogens is 3. The Balaban J connectivity index is 2.15. The highest BCUT2D eigenvalue weighted by atomic mass is 35.5. The molecule has 0 fully saturated rings. The van der Waals surface area contributed by atoms with Gasteiger partial charge in [0.2, 0.25) is 5.95 Å². The molecule has 0 saturated carbocycles.